The first kappa shape index (κ1) is 22.0. The Bertz CT molecular complexity index is 1110. The summed E-state index contributed by atoms with van der Waals surface area (Å²) in [6.45, 7) is 3.19. The number of β-amino-alcohol motifs (C(OH)–C–C–N with tert-alkyl or cyclic N) is 1. The Kier molecular flexibility index (Phi) is 7.14. The van der Waals surface area contributed by atoms with E-state index in [1.165, 1.54) is 17.2 Å². The molecule has 1 unspecified atom stereocenters. The van der Waals surface area contributed by atoms with Gasteiger partial charge >= 0.3 is 0 Å². The van der Waals surface area contributed by atoms with Gasteiger partial charge in [0, 0.05) is 44.0 Å². The average Bonchev–Trinajstić information content (AvgIpc) is 2.81. The first-order chi connectivity index (χ1) is 15.6. The lowest BCUT2D eigenvalue weighted by Gasteiger charge is -2.30. The molecule has 0 bridgehead atoms. The second kappa shape index (κ2) is 10.4. The molecule has 2 N–H and O–H groups in total. The van der Waals surface area contributed by atoms with Crippen molar-refractivity contribution in [3.05, 3.63) is 106 Å². The standard InChI is InChI=1S/C26H29N3O3/c30-24(19-28-14-11-21-8-4-5-9-23(21)18-28)10-13-27-26(32)22-12-15-29(25(31)16-22)17-20-6-2-1-3-7-20/h1-9,12,15-16,24,30H,10-11,13-14,17-19H2,(H,27,32). The highest BCUT2D eigenvalue weighted by molar-refractivity contribution is 5.93. The average molecular weight is 432 g/mol. The Morgan fingerprint density at radius 3 is 2.56 bits per heavy atom. The van der Waals surface area contributed by atoms with E-state index in [0.29, 0.717) is 31.6 Å². The van der Waals surface area contributed by atoms with Crippen molar-refractivity contribution >= 4 is 5.91 Å². The van der Waals surface area contributed by atoms with Crippen LogP contribution >= 0.6 is 0 Å². The molecular formula is C26H29N3O3. The van der Waals surface area contributed by atoms with E-state index in [1.54, 1.807) is 16.8 Å². The Morgan fingerprint density at radius 2 is 1.78 bits per heavy atom. The molecule has 0 aliphatic carbocycles. The van der Waals surface area contributed by atoms with Gasteiger partial charge in [-0.25, -0.2) is 0 Å². The topological polar surface area (TPSA) is 74.6 Å². The molecule has 3 aromatic rings. The first-order valence-corrected chi connectivity index (χ1v) is 11.1. The van der Waals surface area contributed by atoms with Crippen LogP contribution in [-0.2, 0) is 19.5 Å². The molecule has 6 nitrogen and oxygen atoms in total. The van der Waals surface area contributed by atoms with E-state index in [4.69, 9.17) is 0 Å². The fraction of sp³-hybridized carbons (Fsp3) is 0.308. The molecule has 0 saturated heterocycles. The second-order valence-electron chi connectivity index (χ2n) is 8.32. The van der Waals surface area contributed by atoms with Crippen LogP contribution in [0.15, 0.2) is 77.7 Å². The van der Waals surface area contributed by atoms with Crippen molar-refractivity contribution in [3.63, 3.8) is 0 Å². The van der Waals surface area contributed by atoms with Gasteiger partial charge in [-0.1, -0.05) is 54.6 Å². The van der Waals surface area contributed by atoms with Gasteiger partial charge in [0.15, 0.2) is 0 Å². The fourth-order valence-electron chi connectivity index (χ4n) is 4.11. The number of benzene rings is 2. The van der Waals surface area contributed by atoms with E-state index >= 15 is 0 Å². The van der Waals surface area contributed by atoms with Crippen molar-refractivity contribution in [2.75, 3.05) is 19.6 Å². The number of nitrogens with zero attached hydrogens (tertiary/aromatic N) is 2. The molecule has 0 saturated carbocycles. The minimum absolute atomic E-state index is 0.216. The third kappa shape index (κ3) is 5.72. The fourth-order valence-corrected chi connectivity index (χ4v) is 4.11. The van der Waals surface area contributed by atoms with Gasteiger partial charge in [-0.3, -0.25) is 14.5 Å². The van der Waals surface area contributed by atoms with Crippen LogP contribution in [-0.4, -0.2) is 46.2 Å². The van der Waals surface area contributed by atoms with Crippen LogP contribution in [0.25, 0.3) is 0 Å². The van der Waals surface area contributed by atoms with Gasteiger partial charge in [0.25, 0.3) is 11.5 Å². The molecule has 6 heteroatoms. The number of aliphatic hydroxyl groups excluding tert-OH is 1. The molecule has 0 spiro atoms. The first-order valence-electron chi connectivity index (χ1n) is 11.1. The number of aliphatic hydroxyl groups is 1. The van der Waals surface area contributed by atoms with E-state index in [9.17, 15) is 14.7 Å². The number of carbonyl (C=O) groups excluding carboxylic acids is 1. The highest BCUT2D eigenvalue weighted by Crippen LogP contribution is 2.18. The van der Waals surface area contributed by atoms with E-state index in [0.717, 1.165) is 25.1 Å². The molecule has 1 aliphatic heterocycles. The van der Waals surface area contributed by atoms with Crippen LogP contribution in [0.4, 0.5) is 0 Å². The van der Waals surface area contributed by atoms with Gasteiger partial charge in [0.05, 0.1) is 12.6 Å². The molecule has 2 aromatic carbocycles. The van der Waals surface area contributed by atoms with Crippen molar-refractivity contribution < 1.29 is 9.90 Å². The maximum absolute atomic E-state index is 12.4. The van der Waals surface area contributed by atoms with Gasteiger partial charge in [0.1, 0.15) is 0 Å². The largest absolute Gasteiger partial charge is 0.392 e. The van der Waals surface area contributed by atoms with Crippen LogP contribution in [0.2, 0.25) is 0 Å². The number of hydrogen-bond acceptors (Lipinski definition) is 4. The number of rotatable bonds is 8. The van der Waals surface area contributed by atoms with Crippen molar-refractivity contribution in [1.29, 1.82) is 0 Å². The van der Waals surface area contributed by atoms with E-state index in [1.807, 2.05) is 36.4 Å². The molecule has 0 radical (unpaired) electrons. The summed E-state index contributed by atoms with van der Waals surface area (Å²) < 4.78 is 1.58. The number of hydrogen-bond donors (Lipinski definition) is 2. The van der Waals surface area contributed by atoms with Crippen molar-refractivity contribution in [2.45, 2.75) is 32.0 Å². The minimum atomic E-state index is -0.514. The lowest BCUT2D eigenvalue weighted by molar-refractivity contribution is 0.0892. The Balaban J connectivity index is 1.23. The van der Waals surface area contributed by atoms with Crippen LogP contribution in [0, 0.1) is 0 Å². The predicted octanol–water partition coefficient (Wildman–Crippen LogP) is 2.44. The molecular weight excluding hydrogens is 402 g/mol. The molecule has 2 heterocycles. The summed E-state index contributed by atoms with van der Waals surface area (Å²) >= 11 is 0. The molecule has 166 valence electrons. The third-order valence-corrected chi connectivity index (χ3v) is 5.90. The van der Waals surface area contributed by atoms with Crippen molar-refractivity contribution in [1.82, 2.24) is 14.8 Å². The van der Waals surface area contributed by atoms with E-state index in [-0.39, 0.29) is 11.5 Å². The summed E-state index contributed by atoms with van der Waals surface area (Å²) in [6.07, 6.45) is 2.59. The molecule has 1 atom stereocenters. The highest BCUT2D eigenvalue weighted by atomic mass is 16.3. The van der Waals surface area contributed by atoms with Gasteiger partial charge in [-0.05, 0) is 35.6 Å². The van der Waals surface area contributed by atoms with Crippen molar-refractivity contribution in [3.8, 4) is 0 Å². The SMILES string of the molecule is O=C(NCCC(O)CN1CCc2ccccc2C1)c1ccn(Cc2ccccc2)c(=O)c1. The highest BCUT2D eigenvalue weighted by Gasteiger charge is 2.18. The maximum atomic E-state index is 12.4. The van der Waals surface area contributed by atoms with Crippen LogP contribution < -0.4 is 10.9 Å². The normalized spacial score (nSPS) is 14.5. The summed E-state index contributed by atoms with van der Waals surface area (Å²) in [6, 6.07) is 21.2. The predicted molar refractivity (Wildman–Crippen MR) is 125 cm³/mol. The maximum Gasteiger partial charge on any atom is 0.251 e. The zero-order valence-corrected chi connectivity index (χ0v) is 18.1. The Labute approximate surface area is 188 Å². The molecule has 4 rings (SSSR count). The summed E-state index contributed by atoms with van der Waals surface area (Å²) in [5.74, 6) is -0.298. The summed E-state index contributed by atoms with van der Waals surface area (Å²) in [4.78, 5) is 27.1. The lowest BCUT2D eigenvalue weighted by atomic mass is 9.99. The number of amides is 1. The Morgan fingerprint density at radius 1 is 1.03 bits per heavy atom. The molecule has 1 aliphatic rings. The third-order valence-electron chi connectivity index (χ3n) is 5.90. The number of carbonyl (C=O) groups is 1. The Hall–Kier alpha value is -3.22. The molecule has 1 aromatic heterocycles. The van der Waals surface area contributed by atoms with Gasteiger partial charge in [-0.2, -0.15) is 0 Å². The zero-order valence-electron chi connectivity index (χ0n) is 18.1. The van der Waals surface area contributed by atoms with E-state index < -0.39 is 6.10 Å². The molecule has 32 heavy (non-hydrogen) atoms. The van der Waals surface area contributed by atoms with Gasteiger partial charge < -0.3 is 15.0 Å². The molecule has 1 amide bonds. The molecule has 0 fully saturated rings. The minimum Gasteiger partial charge on any atom is -0.392 e. The summed E-state index contributed by atoms with van der Waals surface area (Å²) in [5, 5.41) is 13.2. The lowest BCUT2D eigenvalue weighted by Crippen LogP contribution is -2.38. The second-order valence-corrected chi connectivity index (χ2v) is 8.32. The smallest absolute Gasteiger partial charge is 0.251 e. The van der Waals surface area contributed by atoms with Crippen molar-refractivity contribution in [2.24, 2.45) is 0 Å². The van der Waals surface area contributed by atoms with E-state index in [2.05, 4.69) is 28.4 Å². The van der Waals surface area contributed by atoms with Gasteiger partial charge in [0.2, 0.25) is 0 Å². The number of nitrogens with one attached hydrogen (secondary N) is 1. The number of fused-ring (bicyclic) bond motifs is 1. The van der Waals surface area contributed by atoms with Crippen LogP contribution in [0.3, 0.4) is 0 Å². The monoisotopic (exact) mass is 431 g/mol. The summed E-state index contributed by atoms with van der Waals surface area (Å²) in [5.41, 5.74) is 3.85. The number of pyridine rings is 1. The number of aromatic nitrogens is 1. The summed E-state index contributed by atoms with van der Waals surface area (Å²) in [7, 11) is 0. The van der Waals surface area contributed by atoms with Gasteiger partial charge in [-0.15, -0.1) is 0 Å². The van der Waals surface area contributed by atoms with Crippen LogP contribution in [0.1, 0.15) is 33.5 Å². The zero-order chi connectivity index (χ0) is 22.3. The van der Waals surface area contributed by atoms with Crippen LogP contribution in [0.5, 0.6) is 0 Å². The quantitative estimate of drug-likeness (QED) is 0.575.